The number of nitrogens with two attached hydrogens (primary N) is 2. The van der Waals surface area contributed by atoms with E-state index in [0.29, 0.717) is 62.4 Å². The SMILES string of the molecule is COc1cc(-c2c(-c3cccc(-c4nc5c(-c6cc(C)nc(C)c6)c(-c6ccc(F)cc6OC)nc(N)n5n4)c3)nc(N)n3ncnc23)cc(C)n1. The summed E-state index contributed by atoms with van der Waals surface area (Å²) in [6, 6.07) is 19.5. The molecule has 6 aromatic heterocycles. The van der Waals surface area contributed by atoms with Crippen LogP contribution in [-0.4, -0.2) is 63.4 Å². The van der Waals surface area contributed by atoms with Crippen LogP contribution in [0.25, 0.3) is 67.5 Å². The average Bonchev–Trinajstić information content (AvgIpc) is 3.80. The molecule has 0 aliphatic carbocycles. The predicted molar refractivity (Wildman–Crippen MR) is 194 cm³/mol. The van der Waals surface area contributed by atoms with Crippen molar-refractivity contribution in [2.24, 2.45) is 0 Å². The summed E-state index contributed by atoms with van der Waals surface area (Å²) >= 11 is 0. The highest BCUT2D eigenvalue weighted by Gasteiger charge is 2.25. The third-order valence-electron chi connectivity index (χ3n) is 8.57. The number of fused-ring (bicyclic) bond motifs is 2. The van der Waals surface area contributed by atoms with Crippen molar-refractivity contribution >= 4 is 23.2 Å². The van der Waals surface area contributed by atoms with Gasteiger partial charge in [0, 0.05) is 45.9 Å². The van der Waals surface area contributed by atoms with Crippen LogP contribution in [0.4, 0.5) is 16.3 Å². The van der Waals surface area contributed by atoms with Gasteiger partial charge in [-0.1, -0.05) is 18.2 Å². The molecule has 15 heteroatoms. The summed E-state index contributed by atoms with van der Waals surface area (Å²) in [5.41, 5.74) is 22.1. The largest absolute Gasteiger partial charge is 0.496 e. The minimum absolute atomic E-state index is 0.0773. The van der Waals surface area contributed by atoms with Crippen molar-refractivity contribution < 1.29 is 13.9 Å². The number of ether oxygens (including phenoxy) is 2. The Labute approximate surface area is 296 Å². The van der Waals surface area contributed by atoms with Crippen LogP contribution in [-0.2, 0) is 0 Å². The van der Waals surface area contributed by atoms with Gasteiger partial charge in [0.05, 0.1) is 36.7 Å². The maximum absolute atomic E-state index is 14.3. The molecule has 0 bridgehead atoms. The van der Waals surface area contributed by atoms with Crippen LogP contribution < -0.4 is 20.9 Å². The first kappa shape index (κ1) is 32.2. The van der Waals surface area contributed by atoms with E-state index in [1.54, 1.807) is 13.2 Å². The number of rotatable bonds is 7. The molecule has 0 aliphatic rings. The Bertz CT molecular complexity index is 2690. The number of aromatic nitrogens is 10. The van der Waals surface area contributed by atoms with E-state index in [0.717, 1.165) is 33.8 Å². The lowest BCUT2D eigenvalue weighted by Gasteiger charge is -2.15. The number of hydrogen-bond acceptors (Lipinski definition) is 12. The van der Waals surface area contributed by atoms with Gasteiger partial charge in [-0.15, -0.1) is 5.10 Å². The predicted octanol–water partition coefficient (Wildman–Crippen LogP) is 5.93. The number of nitrogen functional groups attached to an aromatic ring is 2. The van der Waals surface area contributed by atoms with E-state index in [-0.39, 0.29) is 11.9 Å². The van der Waals surface area contributed by atoms with E-state index < -0.39 is 5.82 Å². The second-order valence-corrected chi connectivity index (χ2v) is 12.2. The summed E-state index contributed by atoms with van der Waals surface area (Å²) in [6.45, 7) is 5.70. The maximum atomic E-state index is 14.3. The van der Waals surface area contributed by atoms with Crippen LogP contribution in [0, 0.1) is 26.6 Å². The van der Waals surface area contributed by atoms with Crippen molar-refractivity contribution in [1.82, 2.24) is 49.1 Å². The number of pyridine rings is 2. The zero-order valence-corrected chi connectivity index (χ0v) is 28.7. The number of benzene rings is 2. The van der Waals surface area contributed by atoms with Crippen LogP contribution in [0.15, 0.2) is 73.1 Å². The van der Waals surface area contributed by atoms with Crippen molar-refractivity contribution in [3.8, 4) is 67.8 Å². The molecule has 8 aromatic rings. The molecular weight excluding hydrogens is 663 g/mol. The molecule has 0 amide bonds. The molecule has 0 spiro atoms. The molecule has 0 unspecified atom stereocenters. The first-order chi connectivity index (χ1) is 25.1. The van der Waals surface area contributed by atoms with Crippen molar-refractivity contribution in [3.63, 3.8) is 0 Å². The molecule has 0 saturated carbocycles. The quantitative estimate of drug-likeness (QED) is 0.201. The van der Waals surface area contributed by atoms with Gasteiger partial charge in [-0.3, -0.25) is 4.98 Å². The number of aryl methyl sites for hydroxylation is 3. The second-order valence-electron chi connectivity index (χ2n) is 12.2. The van der Waals surface area contributed by atoms with Gasteiger partial charge in [-0.2, -0.15) is 14.1 Å². The minimum atomic E-state index is -0.447. The lowest BCUT2D eigenvalue weighted by atomic mass is 9.98. The fourth-order valence-corrected chi connectivity index (χ4v) is 6.45. The number of hydrogen-bond donors (Lipinski definition) is 2. The first-order valence-corrected chi connectivity index (χ1v) is 16.1. The molecule has 0 saturated heterocycles. The minimum Gasteiger partial charge on any atom is -0.496 e. The van der Waals surface area contributed by atoms with Gasteiger partial charge < -0.3 is 20.9 Å². The topological polar surface area (TPSA) is 182 Å². The smallest absolute Gasteiger partial charge is 0.223 e. The molecule has 14 nitrogen and oxygen atoms in total. The highest BCUT2D eigenvalue weighted by molar-refractivity contribution is 5.94. The van der Waals surface area contributed by atoms with Gasteiger partial charge in [0.1, 0.15) is 17.9 Å². The zero-order valence-electron chi connectivity index (χ0n) is 28.7. The van der Waals surface area contributed by atoms with E-state index in [1.165, 1.54) is 34.6 Å². The summed E-state index contributed by atoms with van der Waals surface area (Å²) in [4.78, 5) is 28.2. The van der Waals surface area contributed by atoms with Gasteiger partial charge in [0.15, 0.2) is 17.1 Å². The fraction of sp³-hybridized carbons (Fsp3) is 0.135. The zero-order chi connectivity index (χ0) is 36.3. The van der Waals surface area contributed by atoms with Crippen molar-refractivity contribution in [2.45, 2.75) is 20.8 Å². The molecule has 0 radical (unpaired) electrons. The number of methoxy groups -OCH3 is 2. The second kappa shape index (κ2) is 12.4. The number of anilines is 2. The Morgan fingerprint density at radius 1 is 0.635 bits per heavy atom. The lowest BCUT2D eigenvalue weighted by Crippen LogP contribution is -2.07. The summed E-state index contributed by atoms with van der Waals surface area (Å²) in [6.07, 6.45) is 1.43. The van der Waals surface area contributed by atoms with Crippen molar-refractivity contribution in [2.75, 3.05) is 25.7 Å². The molecule has 0 aliphatic heterocycles. The molecular formula is C37H31FN12O2. The van der Waals surface area contributed by atoms with Gasteiger partial charge in [0.25, 0.3) is 0 Å². The summed E-state index contributed by atoms with van der Waals surface area (Å²) in [5, 5.41) is 9.12. The molecule has 52 heavy (non-hydrogen) atoms. The highest BCUT2D eigenvalue weighted by atomic mass is 19.1. The molecule has 0 atom stereocenters. The molecule has 258 valence electrons. The Kier molecular flexibility index (Phi) is 7.67. The van der Waals surface area contributed by atoms with Crippen LogP contribution in [0.5, 0.6) is 11.6 Å². The van der Waals surface area contributed by atoms with E-state index in [1.807, 2.05) is 69.3 Å². The third-order valence-corrected chi connectivity index (χ3v) is 8.57. The van der Waals surface area contributed by atoms with E-state index in [4.69, 9.17) is 41.0 Å². The van der Waals surface area contributed by atoms with E-state index >= 15 is 0 Å². The highest BCUT2D eigenvalue weighted by Crippen LogP contribution is 2.41. The summed E-state index contributed by atoms with van der Waals surface area (Å²) in [5.74, 6) is 0.905. The monoisotopic (exact) mass is 694 g/mol. The van der Waals surface area contributed by atoms with E-state index in [9.17, 15) is 4.39 Å². The Hall–Kier alpha value is -7.03. The Balaban J connectivity index is 1.35. The van der Waals surface area contributed by atoms with Crippen molar-refractivity contribution in [1.29, 1.82) is 0 Å². The molecule has 0 fully saturated rings. The van der Waals surface area contributed by atoms with Crippen molar-refractivity contribution in [3.05, 3.63) is 96.0 Å². The normalized spacial score (nSPS) is 11.4. The van der Waals surface area contributed by atoms with E-state index in [2.05, 4.69) is 20.1 Å². The average molecular weight is 695 g/mol. The Morgan fingerprint density at radius 3 is 2.06 bits per heavy atom. The van der Waals surface area contributed by atoms with Gasteiger partial charge in [-0.05, 0) is 68.3 Å². The Morgan fingerprint density at radius 2 is 1.31 bits per heavy atom. The molecule has 6 heterocycles. The van der Waals surface area contributed by atoms with Gasteiger partial charge in [0.2, 0.25) is 17.8 Å². The number of nitrogens with zero attached hydrogens (tertiary/aromatic N) is 10. The van der Waals surface area contributed by atoms with Crippen LogP contribution >= 0.6 is 0 Å². The van der Waals surface area contributed by atoms with Gasteiger partial charge >= 0.3 is 0 Å². The molecule has 8 rings (SSSR count). The summed E-state index contributed by atoms with van der Waals surface area (Å²) in [7, 11) is 3.04. The lowest BCUT2D eigenvalue weighted by molar-refractivity contribution is 0.397. The van der Waals surface area contributed by atoms with Gasteiger partial charge in [-0.25, -0.2) is 29.3 Å². The van der Waals surface area contributed by atoms with Crippen LogP contribution in [0.1, 0.15) is 17.1 Å². The molecule has 4 N–H and O–H groups in total. The maximum Gasteiger partial charge on any atom is 0.223 e. The standard InChI is InChI=1S/C37H31FN12O2/c1-18-11-23(12-19(2)43-18)30-32(26-10-9-25(38)16-27(26)51-4)46-37(40)50-35(30)47-33(48-50)22-8-6-7-21(14-22)31-29(24-13-20(3)44-28(15-24)52-5)34-41-17-42-49(34)36(39)45-31/h6-17H,1-5H3,(H2,39,45)(H2,40,46). The third kappa shape index (κ3) is 5.44. The fourth-order valence-electron chi connectivity index (χ4n) is 6.45. The first-order valence-electron chi connectivity index (χ1n) is 16.1. The van der Waals surface area contributed by atoms with Crippen LogP contribution in [0.2, 0.25) is 0 Å². The number of halogens is 1. The molecule has 2 aromatic carbocycles. The van der Waals surface area contributed by atoms with Crippen LogP contribution in [0.3, 0.4) is 0 Å². The summed E-state index contributed by atoms with van der Waals surface area (Å²) < 4.78 is 28.4.